The highest BCUT2D eigenvalue weighted by atomic mass is 35.5. The fourth-order valence-corrected chi connectivity index (χ4v) is 4.42. The molecule has 0 aromatic heterocycles. The number of hydrogen-bond donors (Lipinski definition) is 1. The molecule has 3 aromatic rings. The van der Waals surface area contributed by atoms with Crippen molar-refractivity contribution in [3.05, 3.63) is 87.9 Å². The Hall–Kier alpha value is -2.98. The molecule has 1 N–H and O–H groups in total. The molecule has 154 valence electrons. The first-order valence-corrected chi connectivity index (χ1v) is 10.4. The van der Waals surface area contributed by atoms with Gasteiger partial charge in [-0.3, -0.25) is 0 Å². The van der Waals surface area contributed by atoms with E-state index in [0.29, 0.717) is 24.5 Å². The predicted molar refractivity (Wildman–Crippen MR) is 119 cm³/mol. The van der Waals surface area contributed by atoms with E-state index in [1.54, 1.807) is 0 Å². The Labute approximate surface area is 181 Å². The zero-order valence-electron chi connectivity index (χ0n) is 17.1. The Kier molecular flexibility index (Phi) is 5.69. The van der Waals surface area contributed by atoms with Crippen molar-refractivity contribution in [3.63, 3.8) is 0 Å². The van der Waals surface area contributed by atoms with Crippen molar-refractivity contribution in [2.45, 2.75) is 32.9 Å². The van der Waals surface area contributed by atoms with E-state index in [1.807, 2.05) is 48.5 Å². The SMILES string of the molecule is Cc1cccc(C)c1-c1cc(Cl)cc2c1OC(CN(Cc1ccccc1)C(=O)O)C2. The number of fused-ring (bicyclic) bond motifs is 1. The average molecular weight is 422 g/mol. The maximum atomic E-state index is 11.8. The first-order chi connectivity index (χ1) is 14.4. The third-order valence-corrected chi connectivity index (χ3v) is 5.74. The summed E-state index contributed by atoms with van der Waals surface area (Å²) in [5.74, 6) is 0.812. The van der Waals surface area contributed by atoms with Crippen LogP contribution in [0.4, 0.5) is 4.79 Å². The van der Waals surface area contributed by atoms with Crippen LogP contribution in [0.3, 0.4) is 0 Å². The van der Waals surface area contributed by atoms with Crippen LogP contribution in [0.25, 0.3) is 11.1 Å². The van der Waals surface area contributed by atoms with E-state index in [1.165, 1.54) is 4.90 Å². The Morgan fingerprint density at radius 3 is 2.47 bits per heavy atom. The Morgan fingerprint density at radius 2 is 1.80 bits per heavy atom. The van der Waals surface area contributed by atoms with E-state index in [4.69, 9.17) is 16.3 Å². The third kappa shape index (κ3) is 4.14. The third-order valence-electron chi connectivity index (χ3n) is 5.52. The van der Waals surface area contributed by atoms with Gasteiger partial charge in [-0.15, -0.1) is 0 Å². The minimum absolute atomic E-state index is 0.249. The molecule has 5 heteroatoms. The normalized spacial score (nSPS) is 14.8. The van der Waals surface area contributed by atoms with Gasteiger partial charge in [0.25, 0.3) is 0 Å². The number of aryl methyl sites for hydroxylation is 2. The van der Waals surface area contributed by atoms with E-state index in [9.17, 15) is 9.90 Å². The lowest BCUT2D eigenvalue weighted by molar-refractivity contribution is 0.113. The highest BCUT2D eigenvalue weighted by molar-refractivity contribution is 6.31. The van der Waals surface area contributed by atoms with Gasteiger partial charge in [-0.05, 0) is 48.2 Å². The minimum atomic E-state index is -0.952. The predicted octanol–water partition coefficient (Wildman–Crippen LogP) is 6.11. The van der Waals surface area contributed by atoms with E-state index in [2.05, 4.69) is 26.0 Å². The molecule has 1 unspecified atom stereocenters. The molecule has 4 rings (SSSR count). The number of rotatable bonds is 5. The largest absolute Gasteiger partial charge is 0.487 e. The molecule has 3 aromatic carbocycles. The lowest BCUT2D eigenvalue weighted by Crippen LogP contribution is -2.37. The molecule has 0 aliphatic carbocycles. The zero-order valence-corrected chi connectivity index (χ0v) is 17.8. The molecule has 1 amide bonds. The number of carbonyl (C=O) groups is 1. The van der Waals surface area contributed by atoms with Gasteiger partial charge in [-0.1, -0.05) is 60.1 Å². The van der Waals surface area contributed by atoms with Crippen molar-refractivity contribution < 1.29 is 14.6 Å². The van der Waals surface area contributed by atoms with E-state index >= 15 is 0 Å². The molecule has 0 saturated heterocycles. The van der Waals surface area contributed by atoms with Gasteiger partial charge in [0.15, 0.2) is 0 Å². The fourth-order valence-electron chi connectivity index (χ4n) is 4.18. The van der Waals surface area contributed by atoms with Crippen LogP contribution in [0.1, 0.15) is 22.3 Å². The monoisotopic (exact) mass is 421 g/mol. The smallest absolute Gasteiger partial charge is 0.407 e. The lowest BCUT2D eigenvalue weighted by atomic mass is 9.93. The van der Waals surface area contributed by atoms with Gasteiger partial charge < -0.3 is 14.7 Å². The number of halogens is 1. The molecule has 0 radical (unpaired) electrons. The van der Waals surface area contributed by atoms with Crippen LogP contribution >= 0.6 is 11.6 Å². The molecule has 0 bridgehead atoms. The topological polar surface area (TPSA) is 49.8 Å². The highest BCUT2D eigenvalue weighted by Crippen LogP contribution is 2.43. The molecule has 0 fully saturated rings. The summed E-state index contributed by atoms with van der Waals surface area (Å²) >= 11 is 6.43. The number of amides is 1. The number of ether oxygens (including phenoxy) is 1. The van der Waals surface area contributed by atoms with Gasteiger partial charge in [-0.25, -0.2) is 4.79 Å². The summed E-state index contributed by atoms with van der Waals surface area (Å²) in [6, 6.07) is 19.7. The van der Waals surface area contributed by atoms with Gasteiger partial charge in [0, 0.05) is 29.1 Å². The van der Waals surface area contributed by atoms with Crippen LogP contribution < -0.4 is 4.74 Å². The van der Waals surface area contributed by atoms with Gasteiger partial charge in [0.2, 0.25) is 0 Å². The van der Waals surface area contributed by atoms with Crippen molar-refractivity contribution in [2.75, 3.05) is 6.54 Å². The van der Waals surface area contributed by atoms with Crippen LogP contribution in [0.2, 0.25) is 5.02 Å². The summed E-state index contributed by atoms with van der Waals surface area (Å²) in [4.78, 5) is 13.3. The molecule has 0 spiro atoms. The standard InChI is InChI=1S/C25H24ClNO3/c1-16-7-6-8-17(2)23(16)22-13-20(26)11-19-12-21(30-24(19)22)15-27(25(28)29)14-18-9-4-3-5-10-18/h3-11,13,21H,12,14-15H2,1-2H3,(H,28,29). The summed E-state index contributed by atoms with van der Waals surface area (Å²) in [5.41, 5.74) is 6.38. The van der Waals surface area contributed by atoms with Crippen molar-refractivity contribution in [1.29, 1.82) is 0 Å². The number of carboxylic acid groups (broad SMARTS) is 1. The van der Waals surface area contributed by atoms with E-state index in [0.717, 1.165) is 39.1 Å². The van der Waals surface area contributed by atoms with Crippen molar-refractivity contribution in [1.82, 2.24) is 4.90 Å². The van der Waals surface area contributed by atoms with E-state index < -0.39 is 6.09 Å². The molecular weight excluding hydrogens is 398 g/mol. The fraction of sp³-hybridized carbons (Fsp3) is 0.240. The second-order valence-corrected chi connectivity index (χ2v) is 8.24. The number of nitrogens with zero attached hydrogens (tertiary/aromatic N) is 1. The van der Waals surface area contributed by atoms with Crippen LogP contribution in [0.15, 0.2) is 60.7 Å². The molecule has 1 aliphatic heterocycles. The van der Waals surface area contributed by atoms with Gasteiger partial charge in [0.05, 0.1) is 6.54 Å². The quantitative estimate of drug-likeness (QED) is 0.540. The number of hydrogen-bond acceptors (Lipinski definition) is 2. The first kappa shape index (κ1) is 20.3. The van der Waals surface area contributed by atoms with Crippen molar-refractivity contribution in [2.24, 2.45) is 0 Å². The minimum Gasteiger partial charge on any atom is -0.487 e. The second-order valence-electron chi connectivity index (χ2n) is 7.80. The molecular formula is C25H24ClNO3. The Morgan fingerprint density at radius 1 is 1.10 bits per heavy atom. The Balaban J connectivity index is 1.61. The van der Waals surface area contributed by atoms with Crippen LogP contribution in [0, 0.1) is 13.8 Å². The first-order valence-electron chi connectivity index (χ1n) is 10.00. The van der Waals surface area contributed by atoms with Crippen LogP contribution in [-0.4, -0.2) is 28.7 Å². The maximum Gasteiger partial charge on any atom is 0.407 e. The van der Waals surface area contributed by atoms with Crippen molar-refractivity contribution >= 4 is 17.7 Å². The summed E-state index contributed by atoms with van der Waals surface area (Å²) in [6.07, 6.45) is -0.570. The number of benzene rings is 3. The Bertz CT molecular complexity index is 1060. The van der Waals surface area contributed by atoms with E-state index in [-0.39, 0.29) is 6.10 Å². The summed E-state index contributed by atoms with van der Waals surface area (Å²) in [6.45, 7) is 4.78. The van der Waals surface area contributed by atoms with Crippen LogP contribution in [0.5, 0.6) is 5.75 Å². The van der Waals surface area contributed by atoms with Gasteiger partial charge in [-0.2, -0.15) is 0 Å². The molecule has 1 heterocycles. The summed E-state index contributed by atoms with van der Waals surface area (Å²) < 4.78 is 6.31. The average Bonchev–Trinajstić information content (AvgIpc) is 3.10. The van der Waals surface area contributed by atoms with Crippen molar-refractivity contribution in [3.8, 4) is 16.9 Å². The second kappa shape index (κ2) is 8.41. The maximum absolute atomic E-state index is 11.8. The summed E-state index contributed by atoms with van der Waals surface area (Å²) in [7, 11) is 0. The molecule has 1 atom stereocenters. The van der Waals surface area contributed by atoms with Gasteiger partial charge in [0.1, 0.15) is 11.9 Å². The lowest BCUT2D eigenvalue weighted by Gasteiger charge is -2.23. The molecule has 30 heavy (non-hydrogen) atoms. The molecule has 1 aliphatic rings. The summed E-state index contributed by atoms with van der Waals surface area (Å²) in [5, 5.41) is 10.4. The zero-order chi connectivity index (χ0) is 21.3. The highest BCUT2D eigenvalue weighted by Gasteiger charge is 2.30. The van der Waals surface area contributed by atoms with Crippen LogP contribution in [-0.2, 0) is 13.0 Å². The molecule has 4 nitrogen and oxygen atoms in total. The molecule has 0 saturated carbocycles. The van der Waals surface area contributed by atoms with Gasteiger partial charge >= 0.3 is 6.09 Å².